The van der Waals surface area contributed by atoms with Crippen molar-refractivity contribution in [3.8, 4) is 11.5 Å². The molecule has 2 aliphatic heterocycles. The normalized spacial score (nSPS) is 14.1. The molecule has 0 saturated carbocycles. The maximum Gasteiger partial charge on any atom is 0.349 e. The lowest BCUT2D eigenvalue weighted by molar-refractivity contribution is -0.137. The molecule has 3 unspecified atom stereocenters. The van der Waals surface area contributed by atoms with E-state index in [0.717, 1.165) is 6.42 Å². The number of aromatic amines is 1. The Hall–Kier alpha value is -3.39. The van der Waals surface area contributed by atoms with Crippen LogP contribution in [0.3, 0.4) is 0 Å². The number of H-pyrrole nitrogens is 1. The number of aromatic nitrogens is 4. The number of fused-ring (bicyclic) bond motifs is 2. The maximum atomic E-state index is 12.4. The number of carboxylic acids is 1. The highest BCUT2D eigenvalue weighted by atomic mass is 16.4. The summed E-state index contributed by atoms with van der Waals surface area (Å²) in [5.41, 5.74) is 0.174. The molecule has 36 heavy (non-hydrogen) atoms. The molecule has 13 nitrogen and oxygen atoms in total. The van der Waals surface area contributed by atoms with Crippen molar-refractivity contribution in [2.45, 2.75) is 63.4 Å². The first-order valence-corrected chi connectivity index (χ1v) is 11.8. The third-order valence-corrected chi connectivity index (χ3v) is 5.86. The van der Waals surface area contributed by atoms with Gasteiger partial charge in [-0.25, -0.2) is 9.78 Å². The molecule has 0 aliphatic carbocycles. The van der Waals surface area contributed by atoms with E-state index >= 15 is 0 Å². The molecule has 0 amide bonds. The van der Waals surface area contributed by atoms with Crippen molar-refractivity contribution in [3.63, 3.8) is 0 Å². The fraction of sp³-hybridized carbons (Fsp3) is 0.522. The summed E-state index contributed by atoms with van der Waals surface area (Å²) >= 11 is 0. The minimum Gasteiger partial charge on any atom is -0.481 e. The first-order chi connectivity index (χ1) is 17.2. The third-order valence-electron chi connectivity index (χ3n) is 5.86. The number of carboxylic acid groups (broad SMARTS) is 1. The standard InChI is InChI=1S/C23H31N5O8/c29-10-8-16(30)20(34)17(31)12-24-13-6-7-14-15(11-13)28(9-4-2-1-3-5-18(32)33)21-19(25-14)22(35)27-23(36)26-21/h6-7,11,16-17,20,24,29-31,34H,1-5,8-10,12H2,(H,32,33)(H,27,35,36). The lowest BCUT2D eigenvalue weighted by Gasteiger charge is -2.23. The third kappa shape index (κ3) is 6.85. The number of benzene rings is 1. The second kappa shape index (κ2) is 12.5. The average Bonchev–Trinajstić information content (AvgIpc) is 2.83. The van der Waals surface area contributed by atoms with Gasteiger partial charge in [0.1, 0.15) is 6.10 Å². The van der Waals surface area contributed by atoms with Gasteiger partial charge in [0.25, 0.3) is 5.56 Å². The van der Waals surface area contributed by atoms with E-state index < -0.39 is 35.5 Å². The van der Waals surface area contributed by atoms with Crippen LogP contribution in [-0.2, 0) is 11.3 Å². The molecule has 3 rings (SSSR count). The Labute approximate surface area is 205 Å². The number of anilines is 1. The summed E-state index contributed by atoms with van der Waals surface area (Å²) in [6, 6.07) is 5.04. The van der Waals surface area contributed by atoms with Crippen molar-refractivity contribution in [1.29, 1.82) is 0 Å². The summed E-state index contributed by atoms with van der Waals surface area (Å²) in [6.45, 7) is -0.0233. The molecule has 2 heterocycles. The number of aliphatic hydroxyl groups is 4. The van der Waals surface area contributed by atoms with Gasteiger partial charge in [-0.1, -0.05) is 12.8 Å². The fourth-order valence-electron chi connectivity index (χ4n) is 3.93. The number of rotatable bonds is 14. The van der Waals surface area contributed by atoms with Crippen LogP contribution >= 0.6 is 0 Å². The largest absolute Gasteiger partial charge is 0.481 e. The highest BCUT2D eigenvalue weighted by molar-refractivity contribution is 5.82. The van der Waals surface area contributed by atoms with Crippen LogP contribution < -0.4 is 16.6 Å². The second-order valence-electron chi connectivity index (χ2n) is 8.59. The Morgan fingerprint density at radius 3 is 2.53 bits per heavy atom. The van der Waals surface area contributed by atoms with Gasteiger partial charge in [0.15, 0.2) is 11.5 Å². The summed E-state index contributed by atoms with van der Waals surface area (Å²) < 4.78 is 1.72. The van der Waals surface area contributed by atoms with Crippen LogP contribution in [0.5, 0.6) is 0 Å². The van der Waals surface area contributed by atoms with Gasteiger partial charge in [0, 0.05) is 31.8 Å². The minimum absolute atomic E-state index is 0.0186. The molecule has 3 atom stereocenters. The van der Waals surface area contributed by atoms with E-state index in [9.17, 15) is 29.7 Å². The lowest BCUT2D eigenvalue weighted by Crippen LogP contribution is -2.41. The topological polar surface area (TPSA) is 211 Å². The Balaban J connectivity index is 1.86. The van der Waals surface area contributed by atoms with Gasteiger partial charge in [0.05, 0.1) is 23.2 Å². The predicted molar refractivity (Wildman–Crippen MR) is 130 cm³/mol. The van der Waals surface area contributed by atoms with Crippen molar-refractivity contribution in [2.24, 2.45) is 0 Å². The Morgan fingerprint density at radius 1 is 1.06 bits per heavy atom. The van der Waals surface area contributed by atoms with Gasteiger partial charge in [-0.2, -0.15) is 4.98 Å². The monoisotopic (exact) mass is 505 g/mol. The molecule has 0 bridgehead atoms. The smallest absolute Gasteiger partial charge is 0.349 e. The first-order valence-electron chi connectivity index (χ1n) is 11.8. The van der Waals surface area contributed by atoms with Gasteiger partial charge in [-0.3, -0.25) is 14.6 Å². The Kier molecular flexibility index (Phi) is 9.47. The van der Waals surface area contributed by atoms with E-state index in [0.29, 0.717) is 42.5 Å². The average molecular weight is 506 g/mol. The van der Waals surface area contributed by atoms with E-state index in [1.54, 1.807) is 22.8 Å². The van der Waals surface area contributed by atoms with Gasteiger partial charge < -0.3 is 35.4 Å². The summed E-state index contributed by atoms with van der Waals surface area (Å²) in [5.74, 6) is -0.719. The predicted octanol–water partition coefficient (Wildman–Crippen LogP) is -0.503. The Bertz CT molecular complexity index is 1260. The van der Waals surface area contributed by atoms with Crippen molar-refractivity contribution >= 4 is 22.7 Å². The van der Waals surface area contributed by atoms with Crippen LogP contribution in [0.1, 0.15) is 38.5 Å². The number of aliphatic carboxylic acids is 1. The number of hydrogen-bond acceptors (Lipinski definition) is 10. The SMILES string of the molecule is O=C(O)CCCCCCn1c2nc(=O)[nH]c(=O)c-2nc2ccc(NCC(O)C(O)C(O)CCO)cc21. The van der Waals surface area contributed by atoms with Crippen LogP contribution in [0.15, 0.2) is 27.8 Å². The van der Waals surface area contributed by atoms with Crippen molar-refractivity contribution in [1.82, 2.24) is 19.5 Å². The zero-order valence-corrected chi connectivity index (χ0v) is 19.6. The highest BCUT2D eigenvalue weighted by Gasteiger charge is 2.24. The minimum atomic E-state index is -1.45. The van der Waals surface area contributed by atoms with E-state index in [4.69, 9.17) is 10.2 Å². The van der Waals surface area contributed by atoms with Crippen LogP contribution in [0.25, 0.3) is 22.6 Å². The molecule has 196 valence electrons. The Morgan fingerprint density at radius 2 is 1.81 bits per heavy atom. The first kappa shape index (κ1) is 27.2. The number of aryl methyl sites for hydroxylation is 1. The van der Waals surface area contributed by atoms with E-state index in [1.807, 2.05) is 0 Å². The molecule has 0 saturated heterocycles. The summed E-state index contributed by atoms with van der Waals surface area (Å²) in [5, 5.41) is 50.6. The number of nitrogens with zero attached hydrogens (tertiary/aromatic N) is 3. The van der Waals surface area contributed by atoms with Crippen molar-refractivity contribution in [3.05, 3.63) is 39.0 Å². The summed E-state index contributed by atoms with van der Waals surface area (Å²) in [7, 11) is 0. The van der Waals surface area contributed by atoms with Crippen molar-refractivity contribution in [2.75, 3.05) is 18.5 Å². The molecule has 1 aromatic carbocycles. The molecule has 0 radical (unpaired) electrons. The van der Waals surface area contributed by atoms with Gasteiger partial charge >= 0.3 is 11.7 Å². The van der Waals surface area contributed by atoms with Crippen molar-refractivity contribution < 1.29 is 30.3 Å². The van der Waals surface area contributed by atoms with Gasteiger partial charge in [0.2, 0.25) is 0 Å². The van der Waals surface area contributed by atoms with E-state index in [2.05, 4.69) is 20.3 Å². The molecule has 7 N–H and O–H groups in total. The molecule has 13 heteroatoms. The molecular formula is C23H31N5O8. The quantitative estimate of drug-likeness (QED) is 0.110. The zero-order valence-electron chi connectivity index (χ0n) is 19.6. The highest BCUT2D eigenvalue weighted by Crippen LogP contribution is 2.24. The van der Waals surface area contributed by atoms with Gasteiger partial charge in [-0.15, -0.1) is 0 Å². The number of carbonyl (C=O) groups is 1. The van der Waals surface area contributed by atoms with E-state index in [-0.39, 0.29) is 37.5 Å². The molecule has 0 spiro atoms. The lowest BCUT2D eigenvalue weighted by atomic mass is 10.1. The number of nitrogens with one attached hydrogen (secondary N) is 2. The molecule has 2 aliphatic rings. The van der Waals surface area contributed by atoms with E-state index in [1.165, 1.54) is 0 Å². The zero-order chi connectivity index (χ0) is 26.2. The molecule has 0 aromatic heterocycles. The fourth-order valence-corrected chi connectivity index (χ4v) is 3.93. The maximum absolute atomic E-state index is 12.4. The summed E-state index contributed by atoms with van der Waals surface area (Å²) in [4.78, 5) is 45.4. The van der Waals surface area contributed by atoms with Crippen LogP contribution in [0.4, 0.5) is 5.69 Å². The molecule has 0 fully saturated rings. The number of unbranched alkanes of at least 4 members (excludes halogenated alkanes) is 3. The van der Waals surface area contributed by atoms with Crippen LogP contribution in [-0.4, -0.2) is 82.5 Å². The number of aliphatic hydroxyl groups excluding tert-OH is 4. The molecular weight excluding hydrogens is 474 g/mol. The van der Waals surface area contributed by atoms with Crippen LogP contribution in [0.2, 0.25) is 0 Å². The molecule has 1 aromatic rings. The van der Waals surface area contributed by atoms with Gasteiger partial charge in [-0.05, 0) is 37.5 Å². The second-order valence-corrected chi connectivity index (χ2v) is 8.59. The summed E-state index contributed by atoms with van der Waals surface area (Å²) in [6.07, 6.45) is -1.37. The number of hydrogen-bond donors (Lipinski definition) is 7. The van der Waals surface area contributed by atoms with Crippen LogP contribution in [0, 0.1) is 0 Å².